The fraction of sp³-hybridized carbons (Fsp3) is 0.611. The molecule has 26 heavy (non-hydrogen) atoms. The molecule has 1 saturated carbocycles. The van der Waals surface area contributed by atoms with Crippen LogP contribution in [0.3, 0.4) is 0 Å². The normalized spacial score (nSPS) is 20.5. The van der Waals surface area contributed by atoms with Crippen molar-refractivity contribution in [2.45, 2.75) is 51.2 Å². The van der Waals surface area contributed by atoms with Gasteiger partial charge in [-0.15, -0.1) is 0 Å². The molecule has 146 valence electrons. The molecule has 0 saturated heterocycles. The van der Waals surface area contributed by atoms with Crippen LogP contribution in [0.15, 0.2) is 16.6 Å². The lowest BCUT2D eigenvalue weighted by Gasteiger charge is -2.31. The molecule has 1 N–H and O–H groups in total. The second-order valence-electron chi connectivity index (χ2n) is 6.41. The van der Waals surface area contributed by atoms with E-state index in [9.17, 15) is 18.0 Å². The van der Waals surface area contributed by atoms with E-state index in [0.29, 0.717) is 41.0 Å². The minimum absolute atomic E-state index is 0.0781. The Morgan fingerprint density at radius 3 is 2.69 bits per heavy atom. The summed E-state index contributed by atoms with van der Waals surface area (Å²) in [6, 6.07) is 2.64. The molecule has 2 atom stereocenters. The summed E-state index contributed by atoms with van der Waals surface area (Å²) >= 11 is 3.36. The molecular weight excluding hydrogens is 415 g/mol. The maximum absolute atomic E-state index is 12.9. The first kappa shape index (κ1) is 20.9. The third-order valence-corrected chi connectivity index (χ3v) is 5.00. The molecule has 0 bridgehead atoms. The Morgan fingerprint density at radius 2 is 2.08 bits per heavy atom. The SMILES string of the molecule is CCCOc1c(Br)cc(C(=O)NC2CCCC(C(F)(F)F)C2)cc1OC. The first-order valence-corrected chi connectivity index (χ1v) is 9.43. The van der Waals surface area contributed by atoms with Gasteiger partial charge in [-0.25, -0.2) is 0 Å². The van der Waals surface area contributed by atoms with Crippen LogP contribution >= 0.6 is 15.9 Å². The zero-order valence-electron chi connectivity index (χ0n) is 14.8. The van der Waals surface area contributed by atoms with Crippen LogP contribution in [0.1, 0.15) is 49.4 Å². The molecule has 0 spiro atoms. The van der Waals surface area contributed by atoms with E-state index >= 15 is 0 Å². The molecule has 2 unspecified atom stereocenters. The highest BCUT2D eigenvalue weighted by Crippen LogP contribution is 2.39. The van der Waals surface area contributed by atoms with Crippen molar-refractivity contribution in [1.82, 2.24) is 5.32 Å². The predicted octanol–water partition coefficient (Wildman–Crippen LogP) is 5.10. The largest absolute Gasteiger partial charge is 0.493 e. The van der Waals surface area contributed by atoms with Crippen molar-refractivity contribution in [3.05, 3.63) is 22.2 Å². The van der Waals surface area contributed by atoms with Gasteiger partial charge in [-0.1, -0.05) is 13.3 Å². The average molecular weight is 438 g/mol. The topological polar surface area (TPSA) is 47.6 Å². The summed E-state index contributed by atoms with van der Waals surface area (Å²) in [5.74, 6) is -0.873. The number of hydrogen-bond acceptors (Lipinski definition) is 3. The van der Waals surface area contributed by atoms with Gasteiger partial charge in [-0.05, 0) is 53.7 Å². The van der Waals surface area contributed by atoms with Gasteiger partial charge in [0.2, 0.25) is 0 Å². The average Bonchev–Trinajstić information content (AvgIpc) is 2.59. The third-order valence-electron chi connectivity index (χ3n) is 4.41. The van der Waals surface area contributed by atoms with Gasteiger partial charge in [-0.2, -0.15) is 13.2 Å². The van der Waals surface area contributed by atoms with Crippen LogP contribution in [-0.2, 0) is 0 Å². The predicted molar refractivity (Wildman–Crippen MR) is 95.7 cm³/mol. The van der Waals surface area contributed by atoms with Crippen LogP contribution in [0, 0.1) is 5.92 Å². The number of ether oxygens (including phenoxy) is 2. The number of carbonyl (C=O) groups is 1. The standard InChI is InChI=1S/C18H23BrF3NO3/c1-3-7-26-16-14(19)8-11(9-15(16)25-2)17(24)23-13-6-4-5-12(10-13)18(20,21)22/h8-9,12-13H,3-7,10H2,1-2H3,(H,23,24). The highest BCUT2D eigenvalue weighted by molar-refractivity contribution is 9.10. The van der Waals surface area contributed by atoms with Gasteiger partial charge in [0.25, 0.3) is 5.91 Å². The van der Waals surface area contributed by atoms with Crippen molar-refractivity contribution < 1.29 is 27.4 Å². The fourth-order valence-electron chi connectivity index (χ4n) is 3.08. The molecule has 0 aromatic heterocycles. The van der Waals surface area contributed by atoms with Crippen molar-refractivity contribution >= 4 is 21.8 Å². The highest BCUT2D eigenvalue weighted by Gasteiger charge is 2.42. The van der Waals surface area contributed by atoms with Crippen LogP contribution in [0.2, 0.25) is 0 Å². The van der Waals surface area contributed by atoms with Gasteiger partial charge in [0.1, 0.15) is 0 Å². The molecular formula is C18H23BrF3NO3. The Hall–Kier alpha value is -1.44. The number of rotatable bonds is 6. The fourth-order valence-corrected chi connectivity index (χ4v) is 3.64. The zero-order chi connectivity index (χ0) is 19.3. The lowest BCUT2D eigenvalue weighted by molar-refractivity contribution is -0.183. The lowest BCUT2D eigenvalue weighted by atomic mass is 9.85. The maximum Gasteiger partial charge on any atom is 0.391 e. The van der Waals surface area contributed by atoms with E-state index in [1.807, 2.05) is 6.92 Å². The summed E-state index contributed by atoms with van der Waals surface area (Å²) < 4.78 is 50.2. The highest BCUT2D eigenvalue weighted by atomic mass is 79.9. The Balaban J connectivity index is 2.10. The van der Waals surface area contributed by atoms with Crippen molar-refractivity contribution in [1.29, 1.82) is 0 Å². The first-order valence-electron chi connectivity index (χ1n) is 8.64. The number of carbonyl (C=O) groups excluding carboxylic acids is 1. The van der Waals surface area contributed by atoms with Crippen molar-refractivity contribution in [3.63, 3.8) is 0 Å². The van der Waals surface area contributed by atoms with Crippen LogP contribution < -0.4 is 14.8 Å². The molecule has 1 aromatic carbocycles. The smallest absolute Gasteiger partial charge is 0.391 e. The van der Waals surface area contributed by atoms with Crippen molar-refractivity contribution in [3.8, 4) is 11.5 Å². The molecule has 0 heterocycles. The van der Waals surface area contributed by atoms with Gasteiger partial charge in [0, 0.05) is 11.6 Å². The van der Waals surface area contributed by atoms with E-state index in [2.05, 4.69) is 21.2 Å². The Kier molecular flexibility index (Phi) is 7.20. The van der Waals surface area contributed by atoms with Crippen LogP contribution in [0.4, 0.5) is 13.2 Å². The molecule has 0 aliphatic heterocycles. The molecule has 1 amide bonds. The van der Waals surface area contributed by atoms with Crippen LogP contribution in [0.25, 0.3) is 0 Å². The lowest BCUT2D eigenvalue weighted by Crippen LogP contribution is -2.41. The molecule has 8 heteroatoms. The Labute approximate surface area is 159 Å². The van der Waals surface area contributed by atoms with Gasteiger partial charge >= 0.3 is 6.18 Å². The molecule has 2 rings (SSSR count). The van der Waals surface area contributed by atoms with E-state index in [-0.39, 0.29) is 12.8 Å². The minimum Gasteiger partial charge on any atom is -0.493 e. The van der Waals surface area contributed by atoms with E-state index in [4.69, 9.17) is 9.47 Å². The zero-order valence-corrected chi connectivity index (χ0v) is 16.4. The number of benzene rings is 1. The molecule has 1 aromatic rings. The number of hydrogen-bond donors (Lipinski definition) is 1. The number of alkyl halides is 3. The molecule has 1 aliphatic rings. The number of halogens is 4. The summed E-state index contributed by atoms with van der Waals surface area (Å²) in [6.07, 6.45) is -2.35. The first-order chi connectivity index (χ1) is 12.3. The summed E-state index contributed by atoms with van der Waals surface area (Å²) in [7, 11) is 1.47. The maximum atomic E-state index is 12.9. The minimum atomic E-state index is -4.21. The van der Waals surface area contributed by atoms with Gasteiger partial charge in [0.15, 0.2) is 11.5 Å². The van der Waals surface area contributed by atoms with E-state index in [0.717, 1.165) is 6.42 Å². The second kappa shape index (κ2) is 8.97. The van der Waals surface area contributed by atoms with E-state index in [1.165, 1.54) is 13.2 Å². The third kappa shape index (κ3) is 5.28. The number of methoxy groups -OCH3 is 1. The quantitative estimate of drug-likeness (QED) is 0.673. The van der Waals surface area contributed by atoms with E-state index < -0.39 is 24.0 Å². The van der Waals surface area contributed by atoms with E-state index in [1.54, 1.807) is 6.07 Å². The van der Waals surface area contributed by atoms with Gasteiger partial charge in [0.05, 0.1) is 24.1 Å². The second-order valence-corrected chi connectivity index (χ2v) is 7.27. The molecule has 4 nitrogen and oxygen atoms in total. The summed E-state index contributed by atoms with van der Waals surface area (Å²) in [4.78, 5) is 12.5. The van der Waals surface area contributed by atoms with Gasteiger partial charge in [-0.3, -0.25) is 4.79 Å². The molecule has 1 fully saturated rings. The van der Waals surface area contributed by atoms with Gasteiger partial charge < -0.3 is 14.8 Å². The molecule has 1 aliphatic carbocycles. The van der Waals surface area contributed by atoms with Crippen molar-refractivity contribution in [2.24, 2.45) is 5.92 Å². The summed E-state index contributed by atoms with van der Waals surface area (Å²) in [6.45, 7) is 2.47. The summed E-state index contributed by atoms with van der Waals surface area (Å²) in [5.41, 5.74) is 0.312. The van der Waals surface area contributed by atoms with Crippen molar-refractivity contribution in [2.75, 3.05) is 13.7 Å². The molecule has 0 radical (unpaired) electrons. The monoisotopic (exact) mass is 437 g/mol. The number of amides is 1. The Bertz CT molecular complexity index is 637. The number of nitrogens with one attached hydrogen (secondary N) is 1. The van der Waals surface area contributed by atoms with Crippen LogP contribution in [-0.4, -0.2) is 31.8 Å². The Morgan fingerprint density at radius 1 is 1.35 bits per heavy atom. The summed E-state index contributed by atoms with van der Waals surface area (Å²) in [5, 5.41) is 2.72. The van der Waals surface area contributed by atoms with Crippen LogP contribution in [0.5, 0.6) is 11.5 Å².